The van der Waals surface area contributed by atoms with Crippen LogP contribution in [0.15, 0.2) is 0 Å². The highest BCUT2D eigenvalue weighted by atomic mass is 16.8. The molecular weight excluding hydrogens is 632 g/mol. The Morgan fingerprint density at radius 1 is 0.978 bits per heavy atom. The first kappa shape index (κ1) is 39.7. The van der Waals surface area contributed by atoms with E-state index in [9.17, 15) is 75.3 Å². The lowest BCUT2D eigenvalue weighted by molar-refractivity contribution is -0.376. The monoisotopic (exact) mass is 674 g/mol. The van der Waals surface area contributed by atoms with Crippen molar-refractivity contribution in [1.29, 1.82) is 0 Å². The minimum absolute atomic E-state index is 0.0754. The number of carbonyl (C=O) groups is 4. The van der Waals surface area contributed by atoms with Crippen LogP contribution in [0.25, 0.3) is 0 Å². The van der Waals surface area contributed by atoms with Gasteiger partial charge in [0.05, 0.1) is 32.0 Å². The molecule has 2 aliphatic heterocycles. The molecule has 266 valence electrons. The van der Waals surface area contributed by atoms with Gasteiger partial charge in [0.15, 0.2) is 6.29 Å². The van der Waals surface area contributed by atoms with Gasteiger partial charge in [-0.15, -0.1) is 0 Å². The van der Waals surface area contributed by atoms with E-state index in [-0.39, 0.29) is 6.29 Å². The van der Waals surface area contributed by atoms with Crippen molar-refractivity contribution in [3.63, 3.8) is 0 Å². The summed E-state index contributed by atoms with van der Waals surface area (Å²) in [5.74, 6) is -6.66. The Balaban J connectivity index is 2.51. The quantitative estimate of drug-likeness (QED) is 0.0676. The Kier molecular flexibility index (Phi) is 14.7. The highest BCUT2D eigenvalue weighted by molar-refractivity contribution is 5.77. The highest BCUT2D eigenvalue weighted by Gasteiger charge is 2.59. The van der Waals surface area contributed by atoms with E-state index >= 15 is 0 Å². The number of aliphatic hydroxyl groups is 10. The molecule has 46 heavy (non-hydrogen) atoms. The summed E-state index contributed by atoms with van der Waals surface area (Å²) in [6.07, 6.45) is -25.6. The van der Waals surface area contributed by atoms with Gasteiger partial charge >= 0.3 is 5.97 Å². The molecule has 2 amide bonds. The first-order valence-electron chi connectivity index (χ1n) is 14.0. The van der Waals surface area contributed by atoms with Crippen LogP contribution in [0, 0.1) is 0 Å². The number of aliphatic hydroxyl groups excluding tert-OH is 10. The third kappa shape index (κ3) is 9.11. The van der Waals surface area contributed by atoms with Crippen molar-refractivity contribution < 1.29 is 94.3 Å². The SMILES string of the molecule is CC(=O)N[C@H]1[C@H]([C@H](O)[C@H](O)CO)O[C@@](O[C@H]2[C@H](O)[C@@H](O[C@H]([C@@H](O)[C@@H](C=O)NC(C)=O)[C@H](O)CO)O[C@@H](CO)[C@@H]2O)(C(=O)O)C[C@@H]1O. The van der Waals surface area contributed by atoms with E-state index in [1.54, 1.807) is 0 Å². The zero-order valence-corrected chi connectivity index (χ0v) is 24.7. The van der Waals surface area contributed by atoms with Crippen LogP contribution in [0.2, 0.25) is 0 Å². The Morgan fingerprint density at radius 2 is 1.59 bits per heavy atom. The predicted molar refractivity (Wildman–Crippen MR) is 143 cm³/mol. The second kappa shape index (κ2) is 17.1. The average Bonchev–Trinajstić information content (AvgIpc) is 3.00. The molecule has 2 rings (SSSR count). The van der Waals surface area contributed by atoms with Crippen molar-refractivity contribution in [2.75, 3.05) is 19.8 Å². The van der Waals surface area contributed by atoms with Crippen LogP contribution in [0.3, 0.4) is 0 Å². The predicted octanol–water partition coefficient (Wildman–Crippen LogP) is -8.24. The van der Waals surface area contributed by atoms with Gasteiger partial charge in [-0.25, -0.2) is 4.79 Å². The number of carboxylic acids is 1. The van der Waals surface area contributed by atoms with Gasteiger partial charge < -0.3 is 90.5 Å². The summed E-state index contributed by atoms with van der Waals surface area (Å²) in [6, 6.07) is -3.30. The average molecular weight is 675 g/mol. The second-order valence-corrected chi connectivity index (χ2v) is 10.9. The molecule has 0 radical (unpaired) electrons. The van der Waals surface area contributed by atoms with Gasteiger partial charge in [-0.05, 0) is 0 Å². The van der Waals surface area contributed by atoms with E-state index < -0.39 is 135 Å². The van der Waals surface area contributed by atoms with E-state index in [2.05, 4.69) is 10.6 Å². The van der Waals surface area contributed by atoms with Gasteiger partial charge in [0.1, 0.15) is 73.4 Å². The zero-order chi connectivity index (χ0) is 35.1. The fraction of sp³-hybridized carbons (Fsp3) is 0.840. The summed E-state index contributed by atoms with van der Waals surface area (Å²) in [5, 5.41) is 118. The standard InChI is InChI=1S/C25H42N2O19/c1-8(32)26-10(4-28)16(37)20(13(36)6-30)44-23-19(40)22(18(39)14(7-31)43-23)46-25(24(41)42)3-11(34)15(27-9(2)33)21(45-25)17(38)12(35)5-29/h4,10-23,29-31,34-40H,3,5-7H2,1-2H3,(H,26,32)(H,27,33)(H,41,42)/t10-,11+,12-,13-,14+,15-,16+,17-,18+,19+,20+,21-,22-,23-,25+/m1/s1. The van der Waals surface area contributed by atoms with E-state index in [0.29, 0.717) is 0 Å². The van der Waals surface area contributed by atoms with Crippen molar-refractivity contribution in [1.82, 2.24) is 10.6 Å². The van der Waals surface area contributed by atoms with Crippen LogP contribution in [0.5, 0.6) is 0 Å². The second-order valence-electron chi connectivity index (χ2n) is 10.9. The van der Waals surface area contributed by atoms with Crippen molar-refractivity contribution >= 4 is 24.1 Å². The molecular formula is C25H42N2O19. The zero-order valence-electron chi connectivity index (χ0n) is 24.7. The van der Waals surface area contributed by atoms with E-state index in [1.165, 1.54) is 0 Å². The van der Waals surface area contributed by atoms with Crippen LogP contribution in [0.4, 0.5) is 0 Å². The molecule has 0 spiro atoms. The van der Waals surface area contributed by atoms with E-state index in [0.717, 1.165) is 13.8 Å². The molecule has 2 aliphatic rings. The summed E-state index contributed by atoms with van der Waals surface area (Å²) in [5.41, 5.74) is 0. The third-order valence-electron chi connectivity index (χ3n) is 7.41. The van der Waals surface area contributed by atoms with E-state index in [1.807, 2.05) is 0 Å². The minimum Gasteiger partial charge on any atom is -0.477 e. The van der Waals surface area contributed by atoms with Gasteiger partial charge in [0, 0.05) is 20.3 Å². The van der Waals surface area contributed by atoms with E-state index in [4.69, 9.17) is 18.9 Å². The maximum atomic E-state index is 12.6. The van der Waals surface area contributed by atoms with Crippen molar-refractivity contribution in [3.8, 4) is 0 Å². The molecule has 0 saturated carbocycles. The molecule has 0 aromatic carbocycles. The summed E-state index contributed by atoms with van der Waals surface area (Å²) >= 11 is 0. The highest BCUT2D eigenvalue weighted by Crippen LogP contribution is 2.37. The molecule has 13 N–H and O–H groups in total. The van der Waals surface area contributed by atoms with Crippen LogP contribution in [-0.4, -0.2) is 191 Å². The first-order chi connectivity index (χ1) is 21.5. The first-order valence-corrected chi connectivity index (χ1v) is 14.0. The number of hydrogen-bond donors (Lipinski definition) is 13. The van der Waals surface area contributed by atoms with Crippen LogP contribution in [0.1, 0.15) is 20.3 Å². The number of ether oxygens (including phenoxy) is 4. The number of nitrogens with one attached hydrogen (secondary N) is 2. The van der Waals surface area contributed by atoms with Crippen LogP contribution < -0.4 is 10.6 Å². The molecule has 2 heterocycles. The minimum atomic E-state index is -3.08. The normalized spacial score (nSPS) is 35.6. The summed E-state index contributed by atoms with van der Waals surface area (Å²) < 4.78 is 21.8. The van der Waals surface area contributed by atoms with Crippen LogP contribution in [-0.2, 0) is 38.1 Å². The Morgan fingerprint density at radius 3 is 2.07 bits per heavy atom. The lowest BCUT2D eigenvalue weighted by Crippen LogP contribution is -2.70. The largest absolute Gasteiger partial charge is 0.477 e. The molecule has 2 saturated heterocycles. The Labute approximate surface area is 260 Å². The summed E-state index contributed by atoms with van der Waals surface area (Å²) in [6.45, 7) is -1.19. The van der Waals surface area contributed by atoms with Gasteiger partial charge in [-0.3, -0.25) is 9.59 Å². The third-order valence-corrected chi connectivity index (χ3v) is 7.41. The van der Waals surface area contributed by atoms with Crippen molar-refractivity contribution in [2.24, 2.45) is 0 Å². The molecule has 2 fully saturated rings. The molecule has 0 aliphatic carbocycles. The molecule has 0 unspecified atom stereocenters. The van der Waals surface area contributed by atoms with Crippen molar-refractivity contribution in [3.05, 3.63) is 0 Å². The maximum Gasteiger partial charge on any atom is 0.364 e. The van der Waals surface area contributed by atoms with Crippen LogP contribution >= 0.6 is 0 Å². The van der Waals surface area contributed by atoms with Gasteiger partial charge in [0.25, 0.3) is 5.79 Å². The lowest BCUT2D eigenvalue weighted by atomic mass is 9.88. The lowest BCUT2D eigenvalue weighted by Gasteiger charge is -2.50. The number of amides is 2. The molecule has 0 aromatic heterocycles. The fourth-order valence-corrected chi connectivity index (χ4v) is 5.07. The maximum absolute atomic E-state index is 12.6. The fourth-order valence-electron chi connectivity index (χ4n) is 5.07. The Hall–Kier alpha value is -2.48. The van der Waals surface area contributed by atoms with Gasteiger partial charge in [0.2, 0.25) is 11.8 Å². The van der Waals surface area contributed by atoms with Gasteiger partial charge in [-0.2, -0.15) is 0 Å². The number of aldehydes is 1. The number of aliphatic carboxylic acids is 1. The molecule has 0 aromatic rings. The summed E-state index contributed by atoms with van der Waals surface area (Å²) in [4.78, 5) is 47.3. The topological polar surface area (TPSA) is 352 Å². The van der Waals surface area contributed by atoms with Gasteiger partial charge in [-0.1, -0.05) is 0 Å². The number of hydrogen-bond acceptors (Lipinski definition) is 18. The molecule has 21 heteroatoms. The molecule has 0 bridgehead atoms. The number of carboxylic acid groups (broad SMARTS) is 1. The molecule has 15 atom stereocenters. The molecule has 21 nitrogen and oxygen atoms in total. The summed E-state index contributed by atoms with van der Waals surface area (Å²) in [7, 11) is 0. The number of carbonyl (C=O) groups excluding carboxylic acids is 3. The van der Waals surface area contributed by atoms with Crippen molar-refractivity contribution in [2.45, 2.75) is 112 Å². The number of rotatable bonds is 16. The smallest absolute Gasteiger partial charge is 0.364 e. The Bertz CT molecular complexity index is 1040.